The normalized spacial score (nSPS) is 20.1. The second kappa shape index (κ2) is 9.21. The second-order valence-corrected chi connectivity index (χ2v) is 9.48. The van der Waals surface area contributed by atoms with Gasteiger partial charge in [0.1, 0.15) is 5.37 Å². The molecule has 0 unspecified atom stereocenters. The fourth-order valence-corrected chi connectivity index (χ4v) is 5.81. The number of rotatable bonds is 5. The summed E-state index contributed by atoms with van der Waals surface area (Å²) < 4.78 is 0. The van der Waals surface area contributed by atoms with E-state index < -0.39 is 0 Å². The molecule has 4 nitrogen and oxygen atoms in total. The van der Waals surface area contributed by atoms with Gasteiger partial charge in [0.05, 0.1) is 11.8 Å². The molecule has 2 atom stereocenters. The van der Waals surface area contributed by atoms with E-state index in [1.807, 2.05) is 65.6 Å². The van der Waals surface area contributed by atoms with Crippen molar-refractivity contribution in [1.29, 1.82) is 0 Å². The minimum absolute atomic E-state index is 0.0231. The first-order valence-corrected chi connectivity index (χ1v) is 12.2. The molecule has 0 saturated carbocycles. The van der Waals surface area contributed by atoms with Crippen molar-refractivity contribution < 1.29 is 9.59 Å². The summed E-state index contributed by atoms with van der Waals surface area (Å²) in [6, 6.07) is 26.2. The first kappa shape index (κ1) is 20.8. The molecular formula is C27H26N2O2S. The predicted molar refractivity (Wildman–Crippen MR) is 128 cm³/mol. The predicted octanol–water partition coefficient (Wildman–Crippen LogP) is 5.27. The smallest absolute Gasteiger partial charge is 0.251 e. The van der Waals surface area contributed by atoms with Gasteiger partial charge in [0.15, 0.2) is 0 Å². The van der Waals surface area contributed by atoms with Gasteiger partial charge in [0.25, 0.3) is 5.91 Å². The van der Waals surface area contributed by atoms with Gasteiger partial charge in [-0.3, -0.25) is 9.59 Å². The summed E-state index contributed by atoms with van der Waals surface area (Å²) >= 11 is 1.64. The third-order valence-corrected chi connectivity index (χ3v) is 7.55. The lowest BCUT2D eigenvalue weighted by Gasteiger charge is -2.26. The molecule has 3 aromatic carbocycles. The zero-order chi connectivity index (χ0) is 21.9. The summed E-state index contributed by atoms with van der Waals surface area (Å²) in [5, 5.41) is 3.20. The van der Waals surface area contributed by atoms with Crippen LogP contribution in [0.15, 0.2) is 78.9 Å². The maximum absolute atomic E-state index is 12.9. The minimum atomic E-state index is -0.0467. The van der Waals surface area contributed by atoms with E-state index in [4.69, 9.17) is 0 Å². The molecule has 0 radical (unpaired) electrons. The SMILES string of the molecule is O=C(N[C@@H]1CCCc2ccccc21)c1ccc([C@@H]2SCC(=O)N2Cc2ccccc2)cc1. The summed E-state index contributed by atoms with van der Waals surface area (Å²) in [6.45, 7) is 0.598. The Kier molecular flexibility index (Phi) is 5.99. The Labute approximate surface area is 193 Å². The van der Waals surface area contributed by atoms with Gasteiger partial charge in [-0.15, -0.1) is 11.8 Å². The number of hydrogen-bond acceptors (Lipinski definition) is 3. The molecule has 1 saturated heterocycles. The summed E-state index contributed by atoms with van der Waals surface area (Å²) in [5.41, 5.74) is 5.40. The highest BCUT2D eigenvalue weighted by molar-refractivity contribution is 8.00. The molecule has 0 aromatic heterocycles. The van der Waals surface area contributed by atoms with Crippen LogP contribution in [0, 0.1) is 0 Å². The first-order chi connectivity index (χ1) is 15.7. The van der Waals surface area contributed by atoms with Gasteiger partial charge in [0, 0.05) is 12.1 Å². The second-order valence-electron chi connectivity index (χ2n) is 8.41. The fourth-order valence-electron chi connectivity index (χ4n) is 4.63. The number of carbonyl (C=O) groups excluding carboxylic acids is 2. The van der Waals surface area contributed by atoms with Crippen molar-refractivity contribution >= 4 is 23.6 Å². The summed E-state index contributed by atoms with van der Waals surface area (Å²) in [6.07, 6.45) is 3.13. The first-order valence-electron chi connectivity index (χ1n) is 11.1. The van der Waals surface area contributed by atoms with E-state index in [-0.39, 0.29) is 23.2 Å². The molecule has 1 fully saturated rings. The Hall–Kier alpha value is -3.05. The van der Waals surface area contributed by atoms with E-state index in [1.165, 1.54) is 11.1 Å². The Morgan fingerprint density at radius 3 is 2.53 bits per heavy atom. The number of thioether (sulfide) groups is 1. The van der Waals surface area contributed by atoms with Crippen LogP contribution in [0.3, 0.4) is 0 Å². The van der Waals surface area contributed by atoms with Crippen molar-refractivity contribution in [1.82, 2.24) is 10.2 Å². The van der Waals surface area contributed by atoms with Crippen LogP contribution < -0.4 is 5.32 Å². The van der Waals surface area contributed by atoms with Gasteiger partial charge < -0.3 is 10.2 Å². The Morgan fingerprint density at radius 2 is 1.72 bits per heavy atom. The molecule has 2 aliphatic rings. The number of fused-ring (bicyclic) bond motifs is 1. The molecule has 1 aliphatic heterocycles. The van der Waals surface area contributed by atoms with Crippen LogP contribution in [0.25, 0.3) is 0 Å². The number of nitrogens with zero attached hydrogens (tertiary/aromatic N) is 1. The zero-order valence-corrected chi connectivity index (χ0v) is 18.7. The van der Waals surface area contributed by atoms with E-state index in [0.717, 1.165) is 30.4 Å². The minimum Gasteiger partial charge on any atom is -0.345 e. The lowest BCUT2D eigenvalue weighted by atomic mass is 9.87. The van der Waals surface area contributed by atoms with Gasteiger partial charge in [0.2, 0.25) is 5.91 Å². The van der Waals surface area contributed by atoms with Crippen LogP contribution in [0.4, 0.5) is 0 Å². The average Bonchev–Trinajstić information content (AvgIpc) is 3.20. The molecular weight excluding hydrogens is 416 g/mol. The number of carbonyl (C=O) groups is 2. The Morgan fingerprint density at radius 1 is 0.969 bits per heavy atom. The Balaban J connectivity index is 1.29. The zero-order valence-electron chi connectivity index (χ0n) is 17.9. The Bertz CT molecular complexity index is 1110. The van der Waals surface area contributed by atoms with E-state index in [1.54, 1.807) is 11.8 Å². The van der Waals surface area contributed by atoms with E-state index >= 15 is 0 Å². The van der Waals surface area contributed by atoms with Gasteiger partial charge in [-0.2, -0.15) is 0 Å². The average molecular weight is 443 g/mol. The van der Waals surface area contributed by atoms with Crippen LogP contribution in [0.1, 0.15) is 56.9 Å². The van der Waals surface area contributed by atoms with Crippen molar-refractivity contribution in [3.05, 3.63) is 107 Å². The number of aryl methyl sites for hydroxylation is 1. The molecule has 5 rings (SSSR count). The molecule has 2 amide bonds. The molecule has 162 valence electrons. The number of amides is 2. The van der Waals surface area contributed by atoms with Crippen molar-refractivity contribution in [2.24, 2.45) is 0 Å². The van der Waals surface area contributed by atoms with Gasteiger partial charge in [-0.25, -0.2) is 0 Å². The van der Waals surface area contributed by atoms with Crippen LogP contribution in [0.5, 0.6) is 0 Å². The maximum Gasteiger partial charge on any atom is 0.251 e. The highest BCUT2D eigenvalue weighted by atomic mass is 32.2. The number of hydrogen-bond donors (Lipinski definition) is 1. The number of benzene rings is 3. The summed E-state index contributed by atoms with van der Waals surface area (Å²) in [7, 11) is 0. The van der Waals surface area contributed by atoms with Crippen LogP contribution in [-0.2, 0) is 17.8 Å². The third-order valence-electron chi connectivity index (χ3n) is 6.30. The van der Waals surface area contributed by atoms with E-state index in [0.29, 0.717) is 17.9 Å². The fraction of sp³-hybridized carbons (Fsp3) is 0.259. The highest BCUT2D eigenvalue weighted by Gasteiger charge is 2.33. The van der Waals surface area contributed by atoms with Gasteiger partial charge in [-0.1, -0.05) is 66.7 Å². The molecule has 3 aromatic rings. The quantitative estimate of drug-likeness (QED) is 0.586. The van der Waals surface area contributed by atoms with Crippen molar-refractivity contribution in [3.8, 4) is 0 Å². The monoisotopic (exact) mass is 442 g/mol. The van der Waals surface area contributed by atoms with Gasteiger partial charge in [-0.05, 0) is 53.6 Å². The molecule has 1 N–H and O–H groups in total. The van der Waals surface area contributed by atoms with Crippen molar-refractivity contribution in [3.63, 3.8) is 0 Å². The molecule has 32 heavy (non-hydrogen) atoms. The molecule has 0 bridgehead atoms. The van der Waals surface area contributed by atoms with Crippen molar-refractivity contribution in [2.75, 3.05) is 5.75 Å². The number of nitrogens with one attached hydrogen (secondary N) is 1. The van der Waals surface area contributed by atoms with Crippen molar-refractivity contribution in [2.45, 2.75) is 37.2 Å². The standard InChI is InChI=1S/C27H26N2O2S/c30-25-18-32-27(29(25)17-19-7-2-1-3-8-19)22-15-13-21(14-16-22)26(31)28-24-12-6-10-20-9-4-5-11-23(20)24/h1-5,7-9,11,13-16,24,27H,6,10,12,17-18H2,(H,28,31)/t24-,27+/m1/s1. The largest absolute Gasteiger partial charge is 0.345 e. The topological polar surface area (TPSA) is 49.4 Å². The third kappa shape index (κ3) is 4.30. The highest BCUT2D eigenvalue weighted by Crippen LogP contribution is 2.39. The van der Waals surface area contributed by atoms with E-state index in [9.17, 15) is 9.59 Å². The van der Waals surface area contributed by atoms with Crippen LogP contribution >= 0.6 is 11.8 Å². The molecule has 1 heterocycles. The van der Waals surface area contributed by atoms with Crippen LogP contribution in [-0.4, -0.2) is 22.5 Å². The van der Waals surface area contributed by atoms with Crippen LogP contribution in [0.2, 0.25) is 0 Å². The molecule has 5 heteroatoms. The van der Waals surface area contributed by atoms with Gasteiger partial charge >= 0.3 is 0 Å². The lowest BCUT2D eigenvalue weighted by Crippen LogP contribution is -2.31. The molecule has 1 aliphatic carbocycles. The van der Waals surface area contributed by atoms with E-state index in [2.05, 4.69) is 23.5 Å². The lowest BCUT2D eigenvalue weighted by molar-refractivity contribution is -0.128. The summed E-state index contributed by atoms with van der Waals surface area (Å²) in [5.74, 6) is 0.595. The summed E-state index contributed by atoms with van der Waals surface area (Å²) in [4.78, 5) is 27.4. The maximum atomic E-state index is 12.9. The molecule has 0 spiro atoms.